The molecule has 1 atom stereocenters. The molecule has 1 aliphatic heterocycles. The second-order valence-electron chi connectivity index (χ2n) is 6.04. The van der Waals surface area contributed by atoms with E-state index in [1.54, 1.807) is 34.8 Å². The van der Waals surface area contributed by atoms with Crippen LogP contribution in [0.2, 0.25) is 0 Å². The summed E-state index contributed by atoms with van der Waals surface area (Å²) in [5.41, 5.74) is 2.08. The van der Waals surface area contributed by atoms with Crippen LogP contribution in [0.25, 0.3) is 0 Å². The number of sulfonamides is 1. The molecular formula is C17H22BrN3O3S2. The SMILES string of the molecule is CCn1nc(C)c(S(=O)(=O)N2CCSC2c2cc(Br)ccc2OC)c1C. The number of methoxy groups -OCH3 is 1. The van der Waals surface area contributed by atoms with Gasteiger partial charge < -0.3 is 4.74 Å². The van der Waals surface area contributed by atoms with Crippen molar-refractivity contribution in [2.75, 3.05) is 19.4 Å². The van der Waals surface area contributed by atoms with E-state index in [0.29, 0.717) is 35.1 Å². The highest BCUT2D eigenvalue weighted by Crippen LogP contribution is 2.45. The van der Waals surface area contributed by atoms with Crippen LogP contribution in [-0.4, -0.2) is 41.9 Å². The molecule has 142 valence electrons. The molecule has 0 amide bonds. The van der Waals surface area contributed by atoms with E-state index >= 15 is 0 Å². The summed E-state index contributed by atoms with van der Waals surface area (Å²) in [6.07, 6.45) is 0. The summed E-state index contributed by atoms with van der Waals surface area (Å²) >= 11 is 5.08. The van der Waals surface area contributed by atoms with Crippen molar-refractivity contribution in [1.82, 2.24) is 14.1 Å². The Kier molecular flexibility index (Phi) is 5.72. The van der Waals surface area contributed by atoms with Gasteiger partial charge in [-0.2, -0.15) is 9.40 Å². The summed E-state index contributed by atoms with van der Waals surface area (Å²) in [6, 6.07) is 5.68. The zero-order chi connectivity index (χ0) is 19.1. The minimum Gasteiger partial charge on any atom is -0.496 e. The van der Waals surface area contributed by atoms with Crippen LogP contribution in [-0.2, 0) is 16.6 Å². The van der Waals surface area contributed by atoms with E-state index in [4.69, 9.17) is 4.74 Å². The molecule has 1 aliphatic rings. The Labute approximate surface area is 167 Å². The number of benzene rings is 1. The first-order valence-electron chi connectivity index (χ1n) is 8.32. The molecule has 0 radical (unpaired) electrons. The number of aromatic nitrogens is 2. The highest BCUT2D eigenvalue weighted by Gasteiger charge is 2.40. The van der Waals surface area contributed by atoms with Gasteiger partial charge in [0.1, 0.15) is 10.6 Å². The van der Waals surface area contributed by atoms with Crippen molar-refractivity contribution in [3.05, 3.63) is 39.6 Å². The number of hydrogen-bond acceptors (Lipinski definition) is 5. The van der Waals surface area contributed by atoms with Gasteiger partial charge in [0.05, 0.1) is 23.9 Å². The second-order valence-corrected chi connectivity index (χ2v) is 9.97. The van der Waals surface area contributed by atoms with Gasteiger partial charge in [-0.3, -0.25) is 4.68 Å². The van der Waals surface area contributed by atoms with Gasteiger partial charge in [-0.15, -0.1) is 11.8 Å². The quantitative estimate of drug-likeness (QED) is 0.681. The minimum atomic E-state index is -3.67. The fourth-order valence-electron chi connectivity index (χ4n) is 3.32. The molecule has 0 aliphatic carbocycles. The Bertz CT molecular complexity index is 928. The van der Waals surface area contributed by atoms with E-state index in [9.17, 15) is 8.42 Å². The van der Waals surface area contributed by atoms with E-state index in [2.05, 4.69) is 21.0 Å². The number of ether oxygens (including phenoxy) is 1. The molecule has 0 saturated carbocycles. The van der Waals surface area contributed by atoms with E-state index in [-0.39, 0.29) is 5.37 Å². The standard InChI is InChI=1S/C17H22BrN3O3S2/c1-5-20-12(3)16(11(2)19-20)26(22,23)21-8-9-25-17(21)14-10-13(18)6-7-15(14)24-4/h6-7,10,17H,5,8-9H2,1-4H3. The Hall–Kier alpha value is -1.03. The van der Waals surface area contributed by atoms with E-state index in [1.165, 1.54) is 0 Å². The first-order chi connectivity index (χ1) is 12.3. The predicted octanol–water partition coefficient (Wildman–Crippen LogP) is 3.73. The molecule has 0 bridgehead atoms. The Morgan fingerprint density at radius 3 is 2.73 bits per heavy atom. The third-order valence-corrected chi connectivity index (χ3v) is 8.47. The molecule has 1 fully saturated rings. The van der Waals surface area contributed by atoms with Crippen molar-refractivity contribution in [2.45, 2.75) is 37.6 Å². The van der Waals surface area contributed by atoms with E-state index in [1.807, 2.05) is 32.0 Å². The van der Waals surface area contributed by atoms with Gasteiger partial charge in [-0.1, -0.05) is 15.9 Å². The molecule has 26 heavy (non-hydrogen) atoms. The molecule has 2 aromatic rings. The summed E-state index contributed by atoms with van der Waals surface area (Å²) in [5.74, 6) is 1.42. The maximum absolute atomic E-state index is 13.5. The monoisotopic (exact) mass is 459 g/mol. The summed E-state index contributed by atoms with van der Waals surface area (Å²) in [4.78, 5) is 0.320. The average Bonchev–Trinajstić information content (AvgIpc) is 3.19. The van der Waals surface area contributed by atoms with Crippen LogP contribution in [0.3, 0.4) is 0 Å². The van der Waals surface area contributed by atoms with Crippen LogP contribution in [0.5, 0.6) is 5.75 Å². The minimum absolute atomic E-state index is 0.320. The van der Waals surface area contributed by atoms with Gasteiger partial charge in [0, 0.05) is 28.9 Å². The summed E-state index contributed by atoms with van der Waals surface area (Å²) in [7, 11) is -2.06. The molecule has 1 unspecified atom stereocenters. The lowest BCUT2D eigenvalue weighted by Crippen LogP contribution is -2.31. The Morgan fingerprint density at radius 2 is 2.12 bits per heavy atom. The molecule has 9 heteroatoms. The van der Waals surface area contributed by atoms with Crippen molar-refractivity contribution >= 4 is 37.7 Å². The van der Waals surface area contributed by atoms with Crippen LogP contribution in [0.1, 0.15) is 29.2 Å². The molecule has 1 aromatic carbocycles. The summed E-state index contributed by atoms with van der Waals surface area (Å²) in [6.45, 7) is 6.62. The van der Waals surface area contributed by atoms with Gasteiger partial charge >= 0.3 is 0 Å². The van der Waals surface area contributed by atoms with Crippen molar-refractivity contribution in [3.63, 3.8) is 0 Å². The van der Waals surface area contributed by atoms with Crippen molar-refractivity contribution < 1.29 is 13.2 Å². The zero-order valence-electron chi connectivity index (χ0n) is 15.2. The lowest BCUT2D eigenvalue weighted by atomic mass is 10.2. The Morgan fingerprint density at radius 1 is 1.38 bits per heavy atom. The van der Waals surface area contributed by atoms with Gasteiger partial charge in [-0.05, 0) is 39.0 Å². The van der Waals surface area contributed by atoms with Crippen LogP contribution < -0.4 is 4.74 Å². The molecule has 6 nitrogen and oxygen atoms in total. The predicted molar refractivity (Wildman–Crippen MR) is 107 cm³/mol. The second kappa shape index (κ2) is 7.53. The lowest BCUT2D eigenvalue weighted by molar-refractivity contribution is 0.390. The summed E-state index contributed by atoms with van der Waals surface area (Å²) in [5, 5.41) is 4.06. The molecule has 1 saturated heterocycles. The lowest BCUT2D eigenvalue weighted by Gasteiger charge is -2.25. The molecule has 0 N–H and O–H groups in total. The number of rotatable bonds is 5. The smallest absolute Gasteiger partial charge is 0.248 e. The first kappa shape index (κ1) is 19.7. The molecule has 0 spiro atoms. The maximum atomic E-state index is 13.5. The molecule has 1 aromatic heterocycles. The fraction of sp³-hybridized carbons (Fsp3) is 0.471. The fourth-order valence-corrected chi connectivity index (χ4v) is 7.33. The van der Waals surface area contributed by atoms with Gasteiger partial charge in [0.25, 0.3) is 0 Å². The van der Waals surface area contributed by atoms with Crippen LogP contribution in [0, 0.1) is 13.8 Å². The van der Waals surface area contributed by atoms with Crippen LogP contribution in [0.15, 0.2) is 27.6 Å². The maximum Gasteiger partial charge on any atom is 0.248 e. The van der Waals surface area contributed by atoms with Crippen LogP contribution >= 0.6 is 27.7 Å². The average molecular weight is 460 g/mol. The topological polar surface area (TPSA) is 64.4 Å². The van der Waals surface area contributed by atoms with Gasteiger partial charge in [0.15, 0.2) is 0 Å². The van der Waals surface area contributed by atoms with Crippen molar-refractivity contribution in [2.24, 2.45) is 0 Å². The van der Waals surface area contributed by atoms with E-state index < -0.39 is 10.0 Å². The molecule has 3 rings (SSSR count). The number of aryl methyl sites for hydroxylation is 2. The molecule has 2 heterocycles. The van der Waals surface area contributed by atoms with Crippen molar-refractivity contribution in [1.29, 1.82) is 0 Å². The first-order valence-corrected chi connectivity index (χ1v) is 11.6. The highest BCUT2D eigenvalue weighted by molar-refractivity contribution is 9.10. The number of hydrogen-bond donors (Lipinski definition) is 0. The van der Waals surface area contributed by atoms with E-state index in [0.717, 1.165) is 15.8 Å². The van der Waals surface area contributed by atoms with Crippen LogP contribution in [0.4, 0.5) is 0 Å². The summed E-state index contributed by atoms with van der Waals surface area (Å²) < 4.78 is 36.6. The Balaban J connectivity index is 2.09. The number of nitrogens with zero attached hydrogens (tertiary/aromatic N) is 3. The molecular weight excluding hydrogens is 438 g/mol. The third kappa shape index (κ3) is 3.30. The van der Waals surface area contributed by atoms with Crippen molar-refractivity contribution in [3.8, 4) is 5.75 Å². The number of thioether (sulfide) groups is 1. The van der Waals surface area contributed by atoms with Gasteiger partial charge in [-0.25, -0.2) is 8.42 Å². The normalized spacial score (nSPS) is 18.4. The highest BCUT2D eigenvalue weighted by atomic mass is 79.9. The third-order valence-electron chi connectivity index (χ3n) is 4.49. The largest absolute Gasteiger partial charge is 0.496 e. The zero-order valence-corrected chi connectivity index (χ0v) is 18.4. The number of halogens is 1. The van der Waals surface area contributed by atoms with Gasteiger partial charge in [0.2, 0.25) is 10.0 Å².